The maximum Gasteiger partial charge on any atom is 0.191 e. The van der Waals surface area contributed by atoms with E-state index in [2.05, 4.69) is 33.5 Å². The van der Waals surface area contributed by atoms with Crippen molar-refractivity contribution in [2.24, 2.45) is 4.99 Å². The normalized spacial score (nSPS) is 16.4. The molecule has 0 aliphatic carbocycles. The zero-order valence-electron chi connectivity index (χ0n) is 18.4. The van der Waals surface area contributed by atoms with Crippen molar-refractivity contribution < 1.29 is 14.2 Å². The zero-order chi connectivity index (χ0) is 21.4. The van der Waals surface area contributed by atoms with Gasteiger partial charge in [-0.2, -0.15) is 0 Å². The van der Waals surface area contributed by atoms with Gasteiger partial charge in [0.15, 0.2) is 5.96 Å². The van der Waals surface area contributed by atoms with Gasteiger partial charge in [-0.3, -0.25) is 9.89 Å². The molecule has 1 aliphatic rings. The molecular weight excluding hydrogens is 404 g/mol. The van der Waals surface area contributed by atoms with E-state index in [1.165, 1.54) is 5.56 Å². The number of morpholine rings is 1. The number of aliphatic imine (C=N–C) groups is 1. The minimum Gasteiger partial charge on any atom is -0.379 e. The Morgan fingerprint density at radius 3 is 2.63 bits per heavy atom. The molecule has 1 aromatic carbocycles. The van der Waals surface area contributed by atoms with Crippen LogP contribution in [0.5, 0.6) is 0 Å². The lowest BCUT2D eigenvalue weighted by molar-refractivity contribution is 0.0170. The predicted octanol–water partition coefficient (Wildman–Crippen LogP) is 2.71. The fourth-order valence-electron chi connectivity index (χ4n) is 3.28. The summed E-state index contributed by atoms with van der Waals surface area (Å²) in [5.74, 6) is 0.762. The lowest BCUT2D eigenvalue weighted by Crippen LogP contribution is -2.46. The van der Waals surface area contributed by atoms with Crippen LogP contribution in [0.1, 0.15) is 31.4 Å². The van der Waals surface area contributed by atoms with Gasteiger partial charge in [0.1, 0.15) is 0 Å². The van der Waals surface area contributed by atoms with Gasteiger partial charge < -0.3 is 24.8 Å². The molecule has 1 aliphatic heterocycles. The second kappa shape index (κ2) is 15.4. The van der Waals surface area contributed by atoms with Gasteiger partial charge in [0.05, 0.1) is 39.1 Å². The highest BCUT2D eigenvalue weighted by molar-refractivity contribution is 6.30. The molecule has 30 heavy (non-hydrogen) atoms. The largest absolute Gasteiger partial charge is 0.379 e. The Bertz CT molecular complexity index is 612. The van der Waals surface area contributed by atoms with Crippen LogP contribution in [0.25, 0.3) is 0 Å². The third kappa shape index (κ3) is 9.62. The molecule has 0 saturated carbocycles. The summed E-state index contributed by atoms with van der Waals surface area (Å²) in [7, 11) is 1.78. The third-order valence-electron chi connectivity index (χ3n) is 4.96. The molecule has 8 heteroatoms. The van der Waals surface area contributed by atoms with Crippen molar-refractivity contribution in [3.05, 3.63) is 34.9 Å². The van der Waals surface area contributed by atoms with E-state index in [4.69, 9.17) is 25.8 Å². The molecule has 2 rings (SSSR count). The Kier molecular flexibility index (Phi) is 12.8. The van der Waals surface area contributed by atoms with Crippen LogP contribution in [-0.2, 0) is 14.2 Å². The molecule has 1 atom stereocenters. The van der Waals surface area contributed by atoms with Crippen LogP contribution < -0.4 is 10.6 Å². The van der Waals surface area contributed by atoms with Crippen LogP contribution in [0, 0.1) is 0 Å². The minimum atomic E-state index is 0.197. The Labute approximate surface area is 186 Å². The Morgan fingerprint density at radius 2 is 1.93 bits per heavy atom. The summed E-state index contributed by atoms with van der Waals surface area (Å²) in [4.78, 5) is 6.76. The first-order valence-electron chi connectivity index (χ1n) is 10.9. The van der Waals surface area contributed by atoms with E-state index in [9.17, 15) is 0 Å². The first-order valence-corrected chi connectivity index (χ1v) is 11.3. The molecule has 0 aromatic heterocycles. The van der Waals surface area contributed by atoms with Gasteiger partial charge in [0, 0.05) is 44.9 Å². The fraction of sp³-hybridized carbons (Fsp3) is 0.682. The number of ether oxygens (including phenoxy) is 3. The molecule has 0 bridgehead atoms. The summed E-state index contributed by atoms with van der Waals surface area (Å²) in [6, 6.07) is 8.27. The number of rotatable bonds is 13. The van der Waals surface area contributed by atoms with Gasteiger partial charge in [-0.05, 0) is 24.1 Å². The predicted molar refractivity (Wildman–Crippen MR) is 122 cm³/mol. The molecule has 1 aromatic rings. The summed E-state index contributed by atoms with van der Waals surface area (Å²) >= 11 is 6.24. The van der Waals surface area contributed by atoms with Gasteiger partial charge in [0.25, 0.3) is 0 Å². The van der Waals surface area contributed by atoms with Crippen molar-refractivity contribution in [3.63, 3.8) is 0 Å². The molecule has 0 radical (unpaired) electrons. The highest BCUT2D eigenvalue weighted by Gasteiger charge is 2.23. The van der Waals surface area contributed by atoms with Crippen LogP contribution in [0.3, 0.4) is 0 Å². The molecule has 1 heterocycles. The standard InChI is InChI=1S/C22H37ClN4O3/c1-3-4-11-28-15-16-29-12-8-25-22(24-2)26-18-21(27-9-13-30-14-10-27)19-6-5-7-20(23)17-19/h5-7,17,21H,3-4,8-16,18H2,1-2H3,(H2,24,25,26). The Balaban J connectivity index is 1.74. The van der Waals surface area contributed by atoms with Crippen molar-refractivity contribution in [1.82, 2.24) is 15.5 Å². The van der Waals surface area contributed by atoms with Crippen molar-refractivity contribution in [2.75, 3.05) is 72.9 Å². The summed E-state index contributed by atoms with van der Waals surface area (Å²) < 4.78 is 16.6. The van der Waals surface area contributed by atoms with Crippen molar-refractivity contribution >= 4 is 17.6 Å². The first kappa shape index (κ1) is 24.9. The molecular formula is C22H37ClN4O3. The van der Waals surface area contributed by atoms with Gasteiger partial charge in [0.2, 0.25) is 0 Å². The fourth-order valence-corrected chi connectivity index (χ4v) is 3.48. The van der Waals surface area contributed by atoms with E-state index in [0.29, 0.717) is 26.4 Å². The van der Waals surface area contributed by atoms with E-state index < -0.39 is 0 Å². The summed E-state index contributed by atoms with van der Waals surface area (Å²) in [5, 5.41) is 7.50. The number of unbranched alkanes of at least 4 members (excludes halogenated alkanes) is 1. The molecule has 0 amide bonds. The minimum absolute atomic E-state index is 0.197. The maximum atomic E-state index is 6.24. The van der Waals surface area contributed by atoms with Crippen LogP contribution in [-0.4, -0.2) is 83.7 Å². The van der Waals surface area contributed by atoms with Crippen LogP contribution in [0.2, 0.25) is 5.02 Å². The third-order valence-corrected chi connectivity index (χ3v) is 5.19. The Morgan fingerprint density at radius 1 is 1.17 bits per heavy atom. The zero-order valence-corrected chi connectivity index (χ0v) is 19.1. The lowest BCUT2D eigenvalue weighted by Gasteiger charge is -2.35. The van der Waals surface area contributed by atoms with Crippen LogP contribution >= 0.6 is 11.6 Å². The van der Waals surface area contributed by atoms with Gasteiger partial charge in [-0.15, -0.1) is 0 Å². The summed E-state index contributed by atoms with van der Waals surface area (Å²) in [6.45, 7) is 9.57. The molecule has 7 nitrogen and oxygen atoms in total. The average Bonchev–Trinajstić information content (AvgIpc) is 2.77. The summed E-state index contributed by atoms with van der Waals surface area (Å²) in [5.41, 5.74) is 1.19. The number of guanidine groups is 1. The molecule has 2 N–H and O–H groups in total. The van der Waals surface area contributed by atoms with Gasteiger partial charge in [-0.25, -0.2) is 0 Å². The molecule has 1 saturated heterocycles. The number of hydrogen-bond acceptors (Lipinski definition) is 5. The quantitative estimate of drug-likeness (QED) is 0.279. The topological polar surface area (TPSA) is 67.4 Å². The van der Waals surface area contributed by atoms with Crippen LogP contribution in [0.4, 0.5) is 0 Å². The number of benzene rings is 1. The van der Waals surface area contributed by atoms with E-state index in [1.807, 2.05) is 18.2 Å². The number of nitrogens with one attached hydrogen (secondary N) is 2. The monoisotopic (exact) mass is 440 g/mol. The molecule has 0 spiro atoms. The Hall–Kier alpha value is -1.38. The van der Waals surface area contributed by atoms with Crippen LogP contribution in [0.15, 0.2) is 29.3 Å². The average molecular weight is 441 g/mol. The molecule has 170 valence electrons. The van der Waals surface area contributed by atoms with Gasteiger partial charge in [-0.1, -0.05) is 37.1 Å². The molecule has 1 unspecified atom stereocenters. The lowest BCUT2D eigenvalue weighted by atomic mass is 10.0. The van der Waals surface area contributed by atoms with Gasteiger partial charge >= 0.3 is 0 Å². The van der Waals surface area contributed by atoms with Crippen molar-refractivity contribution in [3.8, 4) is 0 Å². The first-order chi connectivity index (χ1) is 14.7. The number of nitrogens with zero attached hydrogens (tertiary/aromatic N) is 2. The second-order valence-corrected chi connectivity index (χ2v) is 7.61. The van der Waals surface area contributed by atoms with Crippen molar-refractivity contribution in [2.45, 2.75) is 25.8 Å². The van der Waals surface area contributed by atoms with E-state index in [1.54, 1.807) is 7.05 Å². The van der Waals surface area contributed by atoms with E-state index in [0.717, 1.165) is 63.3 Å². The SMILES string of the molecule is CCCCOCCOCCNC(=NC)NCC(c1cccc(Cl)c1)N1CCOCC1. The van der Waals surface area contributed by atoms with E-state index >= 15 is 0 Å². The molecule has 1 fully saturated rings. The highest BCUT2D eigenvalue weighted by atomic mass is 35.5. The second-order valence-electron chi connectivity index (χ2n) is 7.18. The van der Waals surface area contributed by atoms with Crippen molar-refractivity contribution in [1.29, 1.82) is 0 Å². The smallest absolute Gasteiger partial charge is 0.191 e. The summed E-state index contributed by atoms with van der Waals surface area (Å²) in [6.07, 6.45) is 2.25. The van der Waals surface area contributed by atoms with E-state index in [-0.39, 0.29) is 6.04 Å². The highest BCUT2D eigenvalue weighted by Crippen LogP contribution is 2.23. The number of hydrogen-bond donors (Lipinski definition) is 2. The maximum absolute atomic E-state index is 6.24. The number of halogens is 1.